The van der Waals surface area contributed by atoms with Gasteiger partial charge < -0.3 is 4.42 Å². The summed E-state index contributed by atoms with van der Waals surface area (Å²) >= 11 is 0. The summed E-state index contributed by atoms with van der Waals surface area (Å²) in [5, 5.41) is 11.3. The molecule has 0 aliphatic carbocycles. The predicted molar refractivity (Wildman–Crippen MR) is 80.0 cm³/mol. The number of non-ortho nitro benzene ring substituents is 1. The van der Waals surface area contributed by atoms with Crippen molar-refractivity contribution in [3.63, 3.8) is 0 Å². The maximum absolute atomic E-state index is 12.0. The van der Waals surface area contributed by atoms with E-state index in [1.165, 1.54) is 24.3 Å². The molecule has 2 aromatic carbocycles. The first-order chi connectivity index (χ1) is 10.0. The molecule has 1 aromatic heterocycles. The third-order valence-corrected chi connectivity index (χ3v) is 3.15. The van der Waals surface area contributed by atoms with Crippen molar-refractivity contribution < 1.29 is 9.34 Å². The molecule has 0 unspecified atom stereocenters. The first-order valence-corrected chi connectivity index (χ1v) is 6.13. The number of nitro groups is 1. The van der Waals surface area contributed by atoms with Crippen molar-refractivity contribution in [3.05, 3.63) is 69.1 Å². The van der Waals surface area contributed by atoms with Crippen molar-refractivity contribution in [3.8, 4) is 11.1 Å². The molecule has 21 heavy (non-hydrogen) atoms. The Morgan fingerprint density at radius 3 is 2.43 bits per heavy atom. The number of nitro benzene ring substituents is 1. The molecule has 3 aromatic rings. The Kier molecular flexibility index (Phi) is 3.06. The summed E-state index contributed by atoms with van der Waals surface area (Å²) in [4.78, 5) is 22.2. The van der Waals surface area contributed by atoms with E-state index in [1.54, 1.807) is 24.3 Å². The molecule has 0 atom stereocenters. The Morgan fingerprint density at radius 2 is 1.76 bits per heavy atom. The quantitative estimate of drug-likeness (QED) is 0.311. The highest BCUT2D eigenvalue weighted by atomic mass is 16.6. The fourth-order valence-corrected chi connectivity index (χ4v) is 2.11. The first kappa shape index (κ1) is 13.1. The molecule has 0 saturated heterocycles. The number of rotatable bonds is 2. The van der Waals surface area contributed by atoms with Crippen LogP contribution < -0.4 is 11.1 Å². The van der Waals surface area contributed by atoms with E-state index in [9.17, 15) is 14.9 Å². The lowest BCUT2D eigenvalue weighted by Crippen LogP contribution is -2.05. The van der Waals surface area contributed by atoms with Crippen LogP contribution in [0.3, 0.4) is 0 Å². The van der Waals surface area contributed by atoms with Crippen LogP contribution in [0.2, 0.25) is 0 Å². The van der Waals surface area contributed by atoms with Gasteiger partial charge in [-0.15, -0.1) is 0 Å². The van der Waals surface area contributed by atoms with Gasteiger partial charge in [0, 0.05) is 17.5 Å². The molecule has 0 amide bonds. The topological polar surface area (TPSA) is 73.3 Å². The molecule has 0 spiro atoms. The second-order valence-corrected chi connectivity index (χ2v) is 4.55. The minimum atomic E-state index is -0.499. The van der Waals surface area contributed by atoms with E-state index < -0.39 is 10.5 Å². The van der Waals surface area contributed by atoms with Crippen molar-refractivity contribution >= 4 is 30.0 Å². The molecule has 0 N–H and O–H groups in total. The molecule has 0 aliphatic heterocycles. The van der Waals surface area contributed by atoms with E-state index in [4.69, 9.17) is 12.3 Å². The fourth-order valence-electron chi connectivity index (χ4n) is 2.11. The van der Waals surface area contributed by atoms with E-state index in [0.717, 1.165) is 0 Å². The molecule has 1 heterocycles. The predicted octanol–water partition coefficient (Wildman–Crippen LogP) is 2.16. The normalized spacial score (nSPS) is 10.7. The summed E-state index contributed by atoms with van der Waals surface area (Å²) in [5.74, 6) is 0. The molecule has 0 bridgehead atoms. The van der Waals surface area contributed by atoms with E-state index in [1.807, 2.05) is 0 Å². The maximum atomic E-state index is 12.0. The van der Waals surface area contributed by atoms with Gasteiger partial charge in [-0.2, -0.15) is 0 Å². The molecule has 2 radical (unpaired) electrons. The molecule has 0 aliphatic rings. The monoisotopic (exact) mass is 277 g/mol. The van der Waals surface area contributed by atoms with Crippen LogP contribution in [0, 0.1) is 10.1 Å². The molecule has 0 fully saturated rings. The van der Waals surface area contributed by atoms with Gasteiger partial charge in [-0.3, -0.25) is 10.1 Å². The van der Waals surface area contributed by atoms with E-state index in [-0.39, 0.29) is 5.69 Å². The molecular weight excluding hydrogens is 269 g/mol. The van der Waals surface area contributed by atoms with Crippen LogP contribution in [0.25, 0.3) is 22.1 Å². The minimum Gasteiger partial charge on any atom is -0.422 e. The lowest BCUT2D eigenvalue weighted by atomic mass is 9.94. The number of hydrogen-bond acceptors (Lipinski definition) is 4. The average Bonchev–Trinajstić information content (AvgIpc) is 2.47. The zero-order valence-electron chi connectivity index (χ0n) is 10.8. The highest BCUT2D eigenvalue weighted by Crippen LogP contribution is 2.22. The molecule has 5 nitrogen and oxygen atoms in total. The first-order valence-electron chi connectivity index (χ1n) is 6.13. The number of fused-ring (bicyclic) bond motifs is 1. The molecule has 100 valence electrons. The molecule has 0 saturated carbocycles. The summed E-state index contributed by atoms with van der Waals surface area (Å²) in [6.07, 6.45) is 0. The number of benzene rings is 2. The highest BCUT2D eigenvalue weighted by Gasteiger charge is 2.10. The van der Waals surface area contributed by atoms with Crippen LogP contribution in [-0.4, -0.2) is 12.8 Å². The van der Waals surface area contributed by atoms with Crippen LogP contribution in [0.5, 0.6) is 0 Å². The minimum absolute atomic E-state index is 0.0341. The van der Waals surface area contributed by atoms with Crippen LogP contribution in [-0.2, 0) is 0 Å². The van der Waals surface area contributed by atoms with Crippen molar-refractivity contribution in [2.75, 3.05) is 0 Å². The Hall–Kier alpha value is -2.89. The van der Waals surface area contributed by atoms with E-state index in [2.05, 4.69) is 0 Å². The third-order valence-electron chi connectivity index (χ3n) is 3.15. The Balaban J connectivity index is 2.17. The van der Waals surface area contributed by atoms with Crippen LogP contribution in [0.15, 0.2) is 57.7 Å². The van der Waals surface area contributed by atoms with Crippen molar-refractivity contribution in [1.82, 2.24) is 0 Å². The lowest BCUT2D eigenvalue weighted by molar-refractivity contribution is -0.384. The van der Waals surface area contributed by atoms with Gasteiger partial charge in [0.1, 0.15) is 13.4 Å². The fraction of sp³-hybridized carbons (Fsp3) is 0. The second kappa shape index (κ2) is 4.90. The lowest BCUT2D eigenvalue weighted by Gasteiger charge is -2.03. The van der Waals surface area contributed by atoms with Gasteiger partial charge in [0.25, 0.3) is 5.69 Å². The number of nitrogens with zero attached hydrogens (tertiary/aromatic N) is 1. The van der Waals surface area contributed by atoms with Gasteiger partial charge >= 0.3 is 5.63 Å². The Morgan fingerprint density at radius 1 is 1.05 bits per heavy atom. The van der Waals surface area contributed by atoms with Crippen molar-refractivity contribution in [2.24, 2.45) is 0 Å². The van der Waals surface area contributed by atoms with Crippen LogP contribution in [0.1, 0.15) is 0 Å². The summed E-state index contributed by atoms with van der Waals surface area (Å²) in [6.45, 7) is 0. The van der Waals surface area contributed by atoms with Gasteiger partial charge in [-0.1, -0.05) is 17.6 Å². The zero-order valence-corrected chi connectivity index (χ0v) is 10.8. The second-order valence-electron chi connectivity index (χ2n) is 4.55. The highest BCUT2D eigenvalue weighted by molar-refractivity contribution is 6.33. The standard InChI is InChI=1S/C15H8BNO4/c16-11-3-6-14-10(7-11)8-13(15(18)21-14)9-1-4-12(5-2-9)17(19)20/h1-8H. The van der Waals surface area contributed by atoms with Gasteiger partial charge in [0.05, 0.1) is 10.5 Å². The zero-order chi connectivity index (χ0) is 15.0. The van der Waals surface area contributed by atoms with Crippen molar-refractivity contribution in [1.29, 1.82) is 0 Å². The summed E-state index contributed by atoms with van der Waals surface area (Å²) in [7, 11) is 5.71. The van der Waals surface area contributed by atoms with Crippen LogP contribution >= 0.6 is 0 Å². The van der Waals surface area contributed by atoms with E-state index in [0.29, 0.717) is 27.6 Å². The summed E-state index contributed by atoms with van der Waals surface area (Å²) < 4.78 is 5.23. The van der Waals surface area contributed by atoms with E-state index >= 15 is 0 Å². The van der Waals surface area contributed by atoms with Gasteiger partial charge in [0.2, 0.25) is 0 Å². The average molecular weight is 277 g/mol. The summed E-state index contributed by atoms with van der Waals surface area (Å²) in [5.41, 5.74) is 1.36. The maximum Gasteiger partial charge on any atom is 0.344 e. The smallest absolute Gasteiger partial charge is 0.344 e. The third kappa shape index (κ3) is 2.43. The van der Waals surface area contributed by atoms with Gasteiger partial charge in [-0.05, 0) is 29.8 Å². The molecule has 6 heteroatoms. The van der Waals surface area contributed by atoms with Gasteiger partial charge in [-0.25, -0.2) is 4.79 Å². The van der Waals surface area contributed by atoms with Gasteiger partial charge in [0.15, 0.2) is 0 Å². The largest absolute Gasteiger partial charge is 0.422 e. The number of hydrogen-bond donors (Lipinski definition) is 0. The Bertz CT molecular complexity index is 900. The SMILES string of the molecule is [B]c1ccc2oc(=O)c(-c3ccc([N+](=O)[O-])cc3)cc2c1. The Labute approximate surface area is 120 Å². The molecule has 3 rings (SSSR count). The summed E-state index contributed by atoms with van der Waals surface area (Å²) in [6, 6.07) is 12.4. The van der Waals surface area contributed by atoms with Crippen LogP contribution in [0.4, 0.5) is 5.69 Å². The van der Waals surface area contributed by atoms with Crippen molar-refractivity contribution in [2.45, 2.75) is 0 Å². The molecular formula is C15H8BNO4.